The predicted octanol–water partition coefficient (Wildman–Crippen LogP) is 1.40. The topological polar surface area (TPSA) is 0 Å². The summed E-state index contributed by atoms with van der Waals surface area (Å²) >= 11 is -2.62. The summed E-state index contributed by atoms with van der Waals surface area (Å²) in [4.78, 5) is 0. The molecule has 0 bridgehead atoms. The Morgan fingerprint density at radius 3 is 1.14 bits per heavy atom. The van der Waals surface area contributed by atoms with Crippen molar-refractivity contribution in [3.63, 3.8) is 0 Å². The molecule has 0 nitrogen and oxygen atoms in total. The summed E-state index contributed by atoms with van der Waals surface area (Å²) in [7, 11) is -2.62. The van der Waals surface area contributed by atoms with Gasteiger partial charge in [0.15, 0.2) is 0 Å². The van der Waals surface area contributed by atoms with E-state index in [2.05, 4.69) is 149 Å². The fourth-order valence-electron chi connectivity index (χ4n) is 6.35. The van der Waals surface area contributed by atoms with E-state index in [0.717, 1.165) is 0 Å². The summed E-state index contributed by atoms with van der Waals surface area (Å²) in [5, 5.41) is 3.34. The zero-order chi connectivity index (χ0) is 24.5. The standard InChI is InChI=1S/C12H11Si.2C9H15Si.2ClH.Hf/c1-3-7-11(8-4-1)13-12-9-5-2-6-10-12;2*1-10(2,3)8-9-6-4-5-7-9;;;/h1-10,13H;2*4-7H,8H2,1-3H3;2*1H;/q;;;;;+2/p-2. The third-order valence-electron chi connectivity index (χ3n) is 7.00. The molecule has 0 unspecified atom stereocenters. The first-order valence-corrected chi connectivity index (χ1v) is 31.7. The maximum Gasteiger partial charge on any atom is -1.00 e. The minimum Gasteiger partial charge on any atom is -1.00 e. The number of halogens is 2. The summed E-state index contributed by atoms with van der Waals surface area (Å²) in [6.07, 6.45) is 20.4. The van der Waals surface area contributed by atoms with Crippen LogP contribution in [-0.4, -0.2) is 22.1 Å². The molecule has 36 heavy (non-hydrogen) atoms. The number of hydrogen-bond donors (Lipinski definition) is 0. The average Bonchev–Trinajstić information content (AvgIpc) is 3.41. The molecule has 0 radical (unpaired) electrons. The van der Waals surface area contributed by atoms with Crippen LogP contribution in [0, 0.1) is 0 Å². The summed E-state index contributed by atoms with van der Waals surface area (Å²) in [5.41, 5.74) is 0. The Kier molecular flexibility index (Phi) is 11.1. The molecule has 2 aromatic carbocycles. The van der Waals surface area contributed by atoms with Crippen molar-refractivity contribution in [1.82, 2.24) is 0 Å². The molecule has 0 aromatic heterocycles. The normalized spacial score (nSPS) is 17.2. The molecule has 0 saturated heterocycles. The fraction of sp³-hybridized carbons (Fsp3) is 0.333. The van der Waals surface area contributed by atoms with E-state index in [1.54, 1.807) is 10.4 Å². The molecule has 0 aliphatic heterocycles. The van der Waals surface area contributed by atoms with Crippen molar-refractivity contribution in [3.8, 4) is 0 Å². The van der Waals surface area contributed by atoms with Gasteiger partial charge in [0.25, 0.3) is 0 Å². The summed E-state index contributed by atoms with van der Waals surface area (Å²) in [5.74, 6) is -1.43. The molecule has 2 aromatic rings. The molecule has 191 valence electrons. The van der Waals surface area contributed by atoms with Crippen molar-refractivity contribution in [1.29, 1.82) is 0 Å². The van der Waals surface area contributed by atoms with E-state index in [-0.39, 0.29) is 24.8 Å². The first kappa shape index (κ1) is 31.7. The minimum absolute atomic E-state index is 0. The van der Waals surface area contributed by atoms with E-state index in [4.69, 9.17) is 0 Å². The molecule has 0 atom stereocenters. The van der Waals surface area contributed by atoms with Gasteiger partial charge in [-0.2, -0.15) is 0 Å². The first-order valence-electron chi connectivity index (χ1n) is 12.8. The Hall–Kier alpha value is -0.499. The Morgan fingerprint density at radius 1 is 0.556 bits per heavy atom. The number of rotatable bonds is 9. The maximum atomic E-state index is 2.70. The Morgan fingerprint density at radius 2 is 0.861 bits per heavy atom. The van der Waals surface area contributed by atoms with Crippen molar-refractivity contribution < 1.29 is 45.4 Å². The Labute approximate surface area is 243 Å². The summed E-state index contributed by atoms with van der Waals surface area (Å²) in [6, 6.07) is 26.3. The zero-order valence-electron chi connectivity index (χ0n) is 22.6. The second-order valence-corrected chi connectivity index (χ2v) is 46.4. The van der Waals surface area contributed by atoms with Gasteiger partial charge in [-0.1, -0.05) is 0 Å². The van der Waals surface area contributed by atoms with Gasteiger partial charge in [0.2, 0.25) is 0 Å². The molecule has 0 fully saturated rings. The van der Waals surface area contributed by atoms with Gasteiger partial charge >= 0.3 is 220 Å². The number of hydrogen-bond acceptors (Lipinski definition) is 0. The van der Waals surface area contributed by atoms with Gasteiger partial charge < -0.3 is 24.8 Å². The van der Waals surface area contributed by atoms with Gasteiger partial charge in [-0.3, -0.25) is 0 Å². The smallest absolute Gasteiger partial charge is 1.00 e. The van der Waals surface area contributed by atoms with Gasteiger partial charge in [0.1, 0.15) is 0 Å². The van der Waals surface area contributed by atoms with Gasteiger partial charge in [0, 0.05) is 0 Å². The van der Waals surface area contributed by atoms with Crippen molar-refractivity contribution in [2.75, 3.05) is 0 Å². The van der Waals surface area contributed by atoms with E-state index in [1.165, 1.54) is 12.1 Å². The summed E-state index contributed by atoms with van der Waals surface area (Å²) in [6.45, 7) is 15.5. The van der Waals surface area contributed by atoms with Crippen LogP contribution in [0.15, 0.2) is 109 Å². The second kappa shape index (κ2) is 12.6. The third-order valence-corrected chi connectivity index (χ3v) is 48.6. The Balaban J connectivity index is 0.00000228. The monoisotopic (exact) mass is 735 g/mol. The van der Waals surface area contributed by atoms with Crippen molar-refractivity contribution in [3.05, 3.63) is 109 Å². The molecular weight excluding hydrogens is 694 g/mol. The van der Waals surface area contributed by atoms with Crippen molar-refractivity contribution in [2.45, 2.75) is 57.7 Å². The van der Waals surface area contributed by atoms with Crippen molar-refractivity contribution in [2.24, 2.45) is 0 Å². The van der Waals surface area contributed by atoms with E-state index in [0.29, 0.717) is 6.34 Å². The average molecular weight is 735 g/mol. The molecule has 0 spiro atoms. The van der Waals surface area contributed by atoms with Crippen LogP contribution >= 0.6 is 0 Å². The molecule has 0 amide bonds. The Bertz CT molecular complexity index is 985. The molecule has 0 saturated carbocycles. The summed E-state index contributed by atoms with van der Waals surface area (Å²) < 4.78 is 0.632. The molecule has 0 N–H and O–H groups in total. The van der Waals surface area contributed by atoms with E-state index in [1.807, 2.05) is 0 Å². The van der Waals surface area contributed by atoms with Gasteiger partial charge in [-0.25, -0.2) is 0 Å². The van der Waals surface area contributed by atoms with Crippen LogP contribution in [0.1, 0.15) is 0 Å². The second-order valence-electron chi connectivity index (χ2n) is 12.7. The van der Waals surface area contributed by atoms with E-state index >= 15 is 0 Å². The fourth-order valence-corrected chi connectivity index (χ4v) is 67.7. The minimum atomic E-state index is -2.62. The SMILES string of the molecule is C[Si](C)(C)C[C]1([Hf+2]([SiH](c2ccccc2)c2ccccc2)[C]2(C[Si](C)(C)C)C=CC=C2)C=CC=C1.[Cl-].[Cl-]. The predicted molar refractivity (Wildman–Crippen MR) is 158 cm³/mol. The van der Waals surface area contributed by atoms with Crippen LogP contribution in [0.5, 0.6) is 0 Å². The van der Waals surface area contributed by atoms with Crippen LogP contribution in [0.3, 0.4) is 0 Å². The number of benzene rings is 2. The zero-order valence-corrected chi connectivity index (χ0v) is 30.9. The quantitative estimate of drug-likeness (QED) is 0.342. The third kappa shape index (κ3) is 7.33. The molecule has 0 heterocycles. The van der Waals surface area contributed by atoms with E-state index in [9.17, 15) is 0 Å². The van der Waals surface area contributed by atoms with Crippen LogP contribution in [-0.2, 0) is 20.6 Å². The van der Waals surface area contributed by atoms with Crippen LogP contribution < -0.4 is 35.2 Å². The largest absolute Gasteiger partial charge is 1.00 e. The number of allylic oxidation sites excluding steroid dienone is 8. The van der Waals surface area contributed by atoms with Gasteiger partial charge in [0.05, 0.1) is 0 Å². The molecule has 2 aliphatic rings. The van der Waals surface area contributed by atoms with Crippen LogP contribution in [0.2, 0.25) is 57.7 Å². The van der Waals surface area contributed by atoms with Crippen LogP contribution in [0.4, 0.5) is 0 Å². The van der Waals surface area contributed by atoms with E-state index < -0.39 is 42.7 Å². The van der Waals surface area contributed by atoms with Crippen LogP contribution in [0.25, 0.3) is 0 Å². The molecule has 6 heteroatoms. The van der Waals surface area contributed by atoms with Gasteiger partial charge in [-0.05, 0) is 0 Å². The molecule has 2 aliphatic carbocycles. The van der Waals surface area contributed by atoms with Crippen molar-refractivity contribution >= 4 is 32.5 Å². The van der Waals surface area contributed by atoms with Gasteiger partial charge in [-0.15, -0.1) is 0 Å². The molecular formula is C30H41Cl2HfSi3. The molecule has 4 rings (SSSR count). The first-order chi connectivity index (χ1) is 16.0. The maximum absolute atomic E-state index is 2.70.